The minimum atomic E-state index is -3.96. The number of anilines is 1. The first kappa shape index (κ1) is 27.4. The number of benzene rings is 4. The second-order valence-corrected chi connectivity index (χ2v) is 10.1. The van der Waals surface area contributed by atoms with Gasteiger partial charge in [0.1, 0.15) is 0 Å². The zero-order valence-electron chi connectivity index (χ0n) is 20.5. The van der Waals surface area contributed by atoms with Crippen LogP contribution in [-0.2, 0) is 10.0 Å². The highest BCUT2D eigenvalue weighted by molar-refractivity contribution is 7.92. The molecular formula is C28H22ClN3O6S. The van der Waals surface area contributed by atoms with Crippen LogP contribution < -0.4 is 19.6 Å². The smallest absolute Gasteiger partial charge is 0.343 e. The summed E-state index contributed by atoms with van der Waals surface area (Å²) in [5.41, 5.74) is 3.45. The minimum absolute atomic E-state index is 0.00743. The Kier molecular flexibility index (Phi) is 8.60. The van der Waals surface area contributed by atoms with Gasteiger partial charge >= 0.3 is 5.97 Å². The molecule has 0 saturated carbocycles. The van der Waals surface area contributed by atoms with E-state index in [2.05, 4.69) is 15.2 Å². The molecule has 0 spiro atoms. The molecule has 0 bridgehead atoms. The maximum Gasteiger partial charge on any atom is 0.343 e. The van der Waals surface area contributed by atoms with Crippen LogP contribution in [0.3, 0.4) is 0 Å². The van der Waals surface area contributed by atoms with Gasteiger partial charge in [0, 0.05) is 5.02 Å². The predicted octanol–water partition coefficient (Wildman–Crippen LogP) is 5.13. The number of sulfonamides is 1. The number of hydrogen-bond acceptors (Lipinski definition) is 7. The van der Waals surface area contributed by atoms with E-state index in [1.165, 1.54) is 49.7 Å². The molecule has 11 heteroatoms. The molecule has 39 heavy (non-hydrogen) atoms. The molecule has 4 aromatic rings. The van der Waals surface area contributed by atoms with Crippen LogP contribution in [0.15, 0.2) is 107 Å². The van der Waals surface area contributed by atoms with Crippen LogP contribution in [0.1, 0.15) is 26.3 Å². The molecule has 0 aliphatic rings. The van der Waals surface area contributed by atoms with Gasteiger partial charge in [0.05, 0.1) is 35.0 Å². The molecule has 4 rings (SSSR count). The summed E-state index contributed by atoms with van der Waals surface area (Å²) < 4.78 is 38.7. The molecule has 0 fully saturated rings. The summed E-state index contributed by atoms with van der Waals surface area (Å²) in [6.07, 6.45) is 1.36. The first-order valence-electron chi connectivity index (χ1n) is 11.4. The van der Waals surface area contributed by atoms with Crippen molar-refractivity contribution < 1.29 is 27.5 Å². The Bertz CT molecular complexity index is 1630. The maximum atomic E-state index is 12.8. The molecule has 0 saturated heterocycles. The van der Waals surface area contributed by atoms with Crippen molar-refractivity contribution in [2.75, 3.05) is 11.8 Å². The number of amides is 1. The number of ether oxygens (including phenoxy) is 2. The summed E-state index contributed by atoms with van der Waals surface area (Å²) in [7, 11) is -2.53. The van der Waals surface area contributed by atoms with Gasteiger partial charge in [0.25, 0.3) is 15.9 Å². The number of carbonyl (C=O) groups excluding carboxylic acids is 2. The van der Waals surface area contributed by atoms with Gasteiger partial charge in [-0.15, -0.1) is 0 Å². The lowest BCUT2D eigenvalue weighted by Crippen LogP contribution is -2.21. The molecule has 0 aliphatic carbocycles. The number of nitrogens with zero attached hydrogens (tertiary/aromatic N) is 1. The SMILES string of the molecule is COc1cc(/C=N\NC(=O)c2ccccc2NS(=O)(=O)c2ccc(Cl)cc2)ccc1OC(=O)c1ccccc1. The van der Waals surface area contributed by atoms with Crippen molar-refractivity contribution in [2.24, 2.45) is 5.10 Å². The van der Waals surface area contributed by atoms with E-state index in [9.17, 15) is 18.0 Å². The Morgan fingerprint density at radius 3 is 2.28 bits per heavy atom. The summed E-state index contributed by atoms with van der Waals surface area (Å²) in [4.78, 5) is 25.1. The van der Waals surface area contributed by atoms with E-state index < -0.39 is 21.9 Å². The van der Waals surface area contributed by atoms with Crippen LogP contribution in [0.25, 0.3) is 0 Å². The monoisotopic (exact) mass is 563 g/mol. The van der Waals surface area contributed by atoms with Crippen molar-refractivity contribution in [1.82, 2.24) is 5.43 Å². The first-order valence-corrected chi connectivity index (χ1v) is 13.3. The zero-order valence-corrected chi connectivity index (χ0v) is 22.1. The fourth-order valence-corrected chi connectivity index (χ4v) is 4.60. The molecule has 0 heterocycles. The van der Waals surface area contributed by atoms with E-state index in [0.717, 1.165) is 0 Å². The van der Waals surface area contributed by atoms with Crippen molar-refractivity contribution in [1.29, 1.82) is 0 Å². The van der Waals surface area contributed by atoms with E-state index in [1.807, 2.05) is 0 Å². The molecule has 198 valence electrons. The topological polar surface area (TPSA) is 123 Å². The fraction of sp³-hybridized carbons (Fsp3) is 0.0357. The maximum absolute atomic E-state index is 12.8. The summed E-state index contributed by atoms with van der Waals surface area (Å²) >= 11 is 5.84. The van der Waals surface area contributed by atoms with Crippen LogP contribution in [0.4, 0.5) is 5.69 Å². The number of carbonyl (C=O) groups is 2. The summed E-state index contributed by atoms with van der Waals surface area (Å²) in [6.45, 7) is 0. The van der Waals surface area contributed by atoms with Crippen molar-refractivity contribution in [3.63, 3.8) is 0 Å². The minimum Gasteiger partial charge on any atom is -0.493 e. The number of esters is 1. The quantitative estimate of drug-likeness (QED) is 0.126. The Balaban J connectivity index is 1.44. The summed E-state index contributed by atoms with van der Waals surface area (Å²) in [5, 5.41) is 4.35. The molecule has 0 atom stereocenters. The zero-order chi connectivity index (χ0) is 27.8. The molecule has 0 radical (unpaired) electrons. The van der Waals surface area contributed by atoms with Crippen molar-refractivity contribution in [3.05, 3.63) is 119 Å². The Morgan fingerprint density at radius 2 is 1.56 bits per heavy atom. The largest absolute Gasteiger partial charge is 0.493 e. The van der Waals surface area contributed by atoms with E-state index in [-0.39, 0.29) is 27.6 Å². The summed E-state index contributed by atoms with van der Waals surface area (Å²) in [5.74, 6) is -0.667. The van der Waals surface area contributed by atoms with Crippen LogP contribution in [-0.4, -0.2) is 33.6 Å². The van der Waals surface area contributed by atoms with Crippen molar-refractivity contribution in [3.8, 4) is 11.5 Å². The lowest BCUT2D eigenvalue weighted by Gasteiger charge is -2.12. The van der Waals surface area contributed by atoms with Gasteiger partial charge in [-0.3, -0.25) is 9.52 Å². The third-order valence-electron chi connectivity index (χ3n) is 5.32. The lowest BCUT2D eigenvalue weighted by molar-refractivity contribution is 0.0729. The molecular weight excluding hydrogens is 542 g/mol. The van der Waals surface area contributed by atoms with Crippen molar-refractivity contribution >= 4 is 45.4 Å². The van der Waals surface area contributed by atoms with Gasteiger partial charge in [-0.05, 0) is 72.3 Å². The Morgan fingerprint density at radius 1 is 0.872 bits per heavy atom. The first-order chi connectivity index (χ1) is 18.8. The highest BCUT2D eigenvalue weighted by atomic mass is 35.5. The molecule has 9 nitrogen and oxygen atoms in total. The Hall–Kier alpha value is -4.67. The van der Waals surface area contributed by atoms with Gasteiger partial charge < -0.3 is 9.47 Å². The van der Waals surface area contributed by atoms with Gasteiger partial charge in [-0.25, -0.2) is 18.6 Å². The molecule has 0 unspecified atom stereocenters. The second kappa shape index (κ2) is 12.2. The van der Waals surface area contributed by atoms with Gasteiger partial charge in [-0.2, -0.15) is 5.10 Å². The number of hydrazone groups is 1. The van der Waals surface area contributed by atoms with E-state index >= 15 is 0 Å². The number of rotatable bonds is 9. The lowest BCUT2D eigenvalue weighted by atomic mass is 10.2. The molecule has 4 aromatic carbocycles. The van der Waals surface area contributed by atoms with Crippen LogP contribution in [0.2, 0.25) is 5.02 Å². The third kappa shape index (κ3) is 7.01. The average molecular weight is 564 g/mol. The molecule has 2 N–H and O–H groups in total. The van der Waals surface area contributed by atoms with Gasteiger partial charge in [0.15, 0.2) is 11.5 Å². The summed E-state index contributed by atoms with van der Waals surface area (Å²) in [6, 6.07) is 25.0. The van der Waals surface area contributed by atoms with Crippen molar-refractivity contribution in [2.45, 2.75) is 4.90 Å². The van der Waals surface area contributed by atoms with Crippen LogP contribution in [0, 0.1) is 0 Å². The van der Waals surface area contributed by atoms with E-state index in [1.54, 1.807) is 60.7 Å². The number of hydrogen-bond donors (Lipinski definition) is 2. The van der Waals surface area contributed by atoms with E-state index in [0.29, 0.717) is 16.1 Å². The second-order valence-electron chi connectivity index (χ2n) is 7.97. The highest BCUT2D eigenvalue weighted by Gasteiger charge is 2.18. The normalized spacial score (nSPS) is 11.1. The van der Waals surface area contributed by atoms with Gasteiger partial charge in [0.2, 0.25) is 0 Å². The average Bonchev–Trinajstić information content (AvgIpc) is 2.94. The van der Waals surface area contributed by atoms with Crippen LogP contribution >= 0.6 is 11.6 Å². The molecule has 1 amide bonds. The van der Waals surface area contributed by atoms with Crippen LogP contribution in [0.5, 0.6) is 11.5 Å². The standard InChI is InChI=1S/C28H22ClN3O6S/c1-37-26-17-19(11-16-25(26)38-28(34)20-7-3-2-4-8-20)18-30-31-27(33)23-9-5-6-10-24(23)32-39(35,36)22-14-12-21(29)13-15-22/h2-18,32H,1H3,(H,31,33)/b30-18-. The highest BCUT2D eigenvalue weighted by Crippen LogP contribution is 2.28. The number of nitrogens with one attached hydrogen (secondary N) is 2. The molecule has 0 aromatic heterocycles. The third-order valence-corrected chi connectivity index (χ3v) is 6.95. The predicted molar refractivity (Wildman–Crippen MR) is 148 cm³/mol. The number of halogens is 1. The fourth-order valence-electron chi connectivity index (χ4n) is 3.40. The van der Waals surface area contributed by atoms with Gasteiger partial charge in [-0.1, -0.05) is 41.9 Å². The number of methoxy groups -OCH3 is 1. The number of para-hydroxylation sites is 1. The van der Waals surface area contributed by atoms with E-state index in [4.69, 9.17) is 21.1 Å². The molecule has 0 aliphatic heterocycles. The Labute approximate surface area is 230 Å².